The Morgan fingerprint density at radius 3 is 1.28 bits per heavy atom. The first-order valence-corrected chi connectivity index (χ1v) is 32.3. The highest BCUT2D eigenvalue weighted by Gasteiger charge is 2.33. The normalized spacial score (nSPS) is 12.2. The van der Waals surface area contributed by atoms with Crippen molar-refractivity contribution in [2.45, 2.75) is 59.7 Å². The maximum Gasteiger partial charge on any atom is 0.326 e. The molecule has 0 saturated carbocycles. The summed E-state index contributed by atoms with van der Waals surface area (Å²) in [6, 6.07) is 23.8. The zero-order valence-corrected chi connectivity index (χ0v) is 58.9. The van der Waals surface area contributed by atoms with Crippen LogP contribution in [0.25, 0.3) is 83.8 Å². The van der Waals surface area contributed by atoms with Gasteiger partial charge in [-0.15, -0.1) is 15.3 Å². The van der Waals surface area contributed by atoms with Gasteiger partial charge in [0.1, 0.15) is 35.9 Å². The molecule has 500 valence electrons. The van der Waals surface area contributed by atoms with E-state index in [2.05, 4.69) is 78.2 Å². The van der Waals surface area contributed by atoms with E-state index in [4.69, 9.17) is 45.5 Å². The van der Waals surface area contributed by atoms with E-state index in [1.807, 2.05) is 140 Å². The van der Waals surface area contributed by atoms with Gasteiger partial charge in [-0.1, -0.05) is 45.9 Å². The molecule has 13 rings (SSSR count). The van der Waals surface area contributed by atoms with E-state index in [1.165, 1.54) is 18.6 Å². The number of anilines is 3. The fourth-order valence-electron chi connectivity index (χ4n) is 10.8. The van der Waals surface area contributed by atoms with Crippen LogP contribution < -0.4 is 25.2 Å². The first-order valence-electron chi connectivity index (χ1n) is 29.9. The molecule has 4 aromatic carbocycles. The number of carbonyl (C=O) groups excluding carboxylic acids is 1. The molecule has 0 unspecified atom stereocenters. The van der Waals surface area contributed by atoms with Gasteiger partial charge in [-0.3, -0.25) is 14.2 Å². The lowest BCUT2D eigenvalue weighted by Crippen LogP contribution is -2.43. The number of para-hydroxylation sites is 3. The average Bonchev–Trinajstić information content (AvgIpc) is 1.68. The zero-order valence-electron chi connectivity index (χ0n) is 54.1. The number of nitrogens with zero attached hydrogens (tertiary/aromatic N) is 21. The Bertz CT molecular complexity index is 5080. The fraction of sp³-hybridized carbons (Fsp3) is 0.266. The molecule has 9 aromatic heterocycles. The van der Waals surface area contributed by atoms with Crippen LogP contribution in [0, 0.1) is 11.8 Å². The number of primary amides is 1. The number of carbonyl (C=O) groups is 4. The quantitative estimate of drug-likeness (QED) is 0.0658. The van der Waals surface area contributed by atoms with E-state index >= 15 is 0 Å². The maximum atomic E-state index is 12.0. The van der Waals surface area contributed by atoms with Crippen LogP contribution in [0.3, 0.4) is 0 Å². The van der Waals surface area contributed by atoms with Gasteiger partial charge in [0, 0.05) is 88.5 Å². The number of carboxylic acids is 3. The summed E-state index contributed by atoms with van der Waals surface area (Å²) in [5.41, 5.74) is 11.4. The van der Waals surface area contributed by atoms with Crippen LogP contribution in [0.2, 0.25) is 0 Å². The molecular formula is C64H65Br3N22O8. The van der Waals surface area contributed by atoms with Gasteiger partial charge in [0.15, 0.2) is 34.4 Å². The monoisotopic (exact) mass is 1510 g/mol. The summed E-state index contributed by atoms with van der Waals surface area (Å²) >= 11 is 10.6. The molecule has 13 aromatic rings. The molecule has 0 aliphatic carbocycles. The van der Waals surface area contributed by atoms with E-state index in [0.29, 0.717) is 75.4 Å². The highest BCUT2D eigenvalue weighted by Crippen LogP contribution is 2.35. The summed E-state index contributed by atoms with van der Waals surface area (Å²) in [6.07, 6.45) is 9.79. The number of likely N-dealkylation sites (N-methyl/N-ethyl adjacent to an activating group) is 3. The smallest absolute Gasteiger partial charge is 0.326 e. The number of hydrogen-bond acceptors (Lipinski definition) is 21. The number of rotatable bonds is 17. The molecule has 0 fully saturated rings. The van der Waals surface area contributed by atoms with Crippen LogP contribution in [-0.2, 0) is 28.5 Å². The lowest BCUT2D eigenvalue weighted by Gasteiger charge is -2.28. The Balaban J connectivity index is 0.000000148. The van der Waals surface area contributed by atoms with Gasteiger partial charge >= 0.3 is 17.9 Å². The third-order valence-corrected chi connectivity index (χ3v) is 17.4. The number of hydrogen-bond donors (Lipinski definition) is 4. The Labute approximate surface area is 578 Å². The molecule has 0 spiro atoms. The highest BCUT2D eigenvalue weighted by molar-refractivity contribution is 9.11. The second-order valence-corrected chi connectivity index (χ2v) is 25.3. The van der Waals surface area contributed by atoms with Crippen molar-refractivity contribution in [2.75, 3.05) is 42.4 Å². The van der Waals surface area contributed by atoms with Gasteiger partial charge in [-0.25, -0.2) is 54.3 Å². The Kier molecular flexibility index (Phi) is 20.8. The van der Waals surface area contributed by atoms with Crippen molar-refractivity contribution in [3.05, 3.63) is 141 Å². The summed E-state index contributed by atoms with van der Waals surface area (Å²) in [5, 5.41) is 53.9. The predicted octanol–water partition coefficient (Wildman–Crippen LogP) is 9.56. The van der Waals surface area contributed by atoms with Gasteiger partial charge < -0.3 is 40.5 Å². The largest absolute Gasteiger partial charge is 0.497 e. The van der Waals surface area contributed by atoms with Crippen molar-refractivity contribution in [3.63, 3.8) is 0 Å². The molecule has 0 aliphatic rings. The van der Waals surface area contributed by atoms with Crippen molar-refractivity contribution >= 4 is 139 Å². The number of benzene rings is 4. The van der Waals surface area contributed by atoms with Crippen molar-refractivity contribution in [1.29, 1.82) is 0 Å². The molecule has 9 heterocycles. The number of fused-ring (bicyclic) bond motifs is 9. The molecule has 30 nitrogen and oxygen atoms in total. The van der Waals surface area contributed by atoms with Crippen LogP contribution in [0.15, 0.2) is 136 Å². The van der Waals surface area contributed by atoms with E-state index in [0.717, 1.165) is 52.0 Å². The van der Waals surface area contributed by atoms with Gasteiger partial charge in [-0.05, 0) is 140 Å². The van der Waals surface area contributed by atoms with Crippen LogP contribution >= 0.6 is 47.8 Å². The number of aromatic nitrogens is 18. The van der Waals surface area contributed by atoms with Crippen molar-refractivity contribution in [1.82, 2.24) is 88.3 Å². The molecule has 1 amide bonds. The van der Waals surface area contributed by atoms with Gasteiger partial charge in [0.05, 0.1) is 47.2 Å². The summed E-state index contributed by atoms with van der Waals surface area (Å²) in [6.45, 7) is 11.4. The fourth-order valence-corrected chi connectivity index (χ4v) is 12.1. The van der Waals surface area contributed by atoms with Crippen LogP contribution in [0.1, 0.15) is 52.0 Å². The molecule has 97 heavy (non-hydrogen) atoms. The van der Waals surface area contributed by atoms with Crippen LogP contribution in [0.4, 0.5) is 17.8 Å². The van der Waals surface area contributed by atoms with Crippen LogP contribution in [-0.4, -0.2) is 173 Å². The lowest BCUT2D eigenvalue weighted by molar-refractivity contribution is -0.140. The van der Waals surface area contributed by atoms with E-state index in [9.17, 15) is 34.5 Å². The number of halogens is 3. The van der Waals surface area contributed by atoms with E-state index in [1.54, 1.807) is 78.1 Å². The average molecular weight is 1510 g/mol. The SMILES string of the molecule is CC(C)[C@H](C(=O)O)N(C)c1nc2c(Br)cccc2c2nc(-c3cnn(C)c3)nn12.CCN(c1nc2c(Br)cccc2c2nc(-c3cnn(C)c3)nn12)[C@H](C)C(=O)O.COc1ccc(-c2nc3c4cccc(Br)c4nc(N(C)[C@@H](C(=O)O)C(C)C)n3n2)cc1.NC(=O)c1ccncn1. The lowest BCUT2D eigenvalue weighted by atomic mass is 10.0. The first kappa shape index (κ1) is 69.2. The number of nitrogens with two attached hydrogens (primary N) is 1. The number of carboxylic acid groups (broad SMARTS) is 3. The Morgan fingerprint density at radius 2 is 0.959 bits per heavy atom. The molecule has 0 saturated heterocycles. The molecule has 0 bridgehead atoms. The molecule has 0 radical (unpaired) electrons. The standard InChI is InChI=1S/C22H22BrN5O3.C19H20BrN7O2.C18H18BrN7O2.C5H5N3O/c1-12(2)18(21(29)30)27(3)22-24-17-15(6-5-7-16(17)23)20-25-19(26-28(20)22)13-8-10-14(31-4)11-9-13;1-10(2)15(18(28)29)26(4)19-22-14-12(6-5-7-13(14)20)17-23-16(24-27(17)19)11-8-21-25(3)9-11;1-4-25(10(2)17(27)28)18-21-14-12(6-5-7-13(14)19)16-22-15(23-26(16)18)11-8-20-24(3)9-11;6-5(9)4-1-2-7-3-8-4/h5-12,18H,1-4H3,(H,29,30);5-10,15H,1-4H3,(H,28,29);5-10H,4H2,1-3H3,(H,27,28);1-3H,(H2,6,9)/t18-;15-;10-;/m111./s1. The minimum absolute atomic E-state index is 0.134. The Hall–Kier alpha value is -10.7. The van der Waals surface area contributed by atoms with Crippen LogP contribution in [0.5, 0.6) is 5.75 Å². The van der Waals surface area contributed by atoms with E-state index < -0.39 is 41.9 Å². The maximum absolute atomic E-state index is 12.0. The molecular weight excluding hydrogens is 1440 g/mol. The number of ether oxygens (including phenoxy) is 1. The summed E-state index contributed by atoms with van der Waals surface area (Å²) in [7, 11) is 8.70. The first-order chi connectivity index (χ1) is 46.3. The number of aryl methyl sites for hydroxylation is 2. The second-order valence-electron chi connectivity index (χ2n) is 22.7. The topological polar surface area (TPSA) is 365 Å². The molecule has 33 heteroatoms. The summed E-state index contributed by atoms with van der Waals surface area (Å²) in [5.74, 6) is -0.0828. The predicted molar refractivity (Wildman–Crippen MR) is 374 cm³/mol. The summed E-state index contributed by atoms with van der Waals surface area (Å²) in [4.78, 5) is 86.5. The minimum atomic E-state index is -0.934. The minimum Gasteiger partial charge on any atom is -0.497 e. The Morgan fingerprint density at radius 1 is 0.557 bits per heavy atom. The van der Waals surface area contributed by atoms with Crippen molar-refractivity contribution in [2.24, 2.45) is 31.7 Å². The number of amides is 1. The number of aliphatic carboxylic acids is 3. The van der Waals surface area contributed by atoms with Crippen molar-refractivity contribution < 1.29 is 39.2 Å². The van der Waals surface area contributed by atoms with Crippen molar-refractivity contribution in [3.8, 4) is 39.9 Å². The van der Waals surface area contributed by atoms with Gasteiger partial charge in [0.2, 0.25) is 17.8 Å². The number of methoxy groups -OCH3 is 1. The van der Waals surface area contributed by atoms with Gasteiger partial charge in [0.25, 0.3) is 5.91 Å². The molecule has 3 atom stereocenters. The van der Waals surface area contributed by atoms with Gasteiger partial charge in [-0.2, -0.15) is 23.7 Å². The van der Waals surface area contributed by atoms with E-state index in [-0.39, 0.29) is 17.5 Å². The summed E-state index contributed by atoms with van der Waals surface area (Å²) < 4.78 is 15.8. The third-order valence-electron chi connectivity index (χ3n) is 15.5. The second kappa shape index (κ2) is 29.1. The highest BCUT2D eigenvalue weighted by atomic mass is 79.9. The zero-order chi connectivity index (χ0) is 69.8. The molecule has 5 N–H and O–H groups in total. The molecule has 0 aliphatic heterocycles. The third kappa shape index (κ3) is 14.3.